The number of quaternary nitrogens is 2. The minimum atomic E-state index is 0.0600. The topological polar surface area (TPSA) is 56.8 Å². The molecule has 1 saturated heterocycles. The molecule has 146 valence electrons. The smallest absolute Gasteiger partial charge is 0.200 e. The SMILES string of the molecule is COc1ccccc1C[NH+]1CC[NH+](Cc2cc(OC)c(O)c(OC)c2)CC1. The van der Waals surface area contributed by atoms with Crippen LogP contribution in [0.2, 0.25) is 0 Å². The molecule has 0 atom stereocenters. The van der Waals surface area contributed by atoms with E-state index in [0.29, 0.717) is 11.5 Å². The molecule has 1 aliphatic heterocycles. The highest BCUT2D eigenvalue weighted by atomic mass is 16.5. The van der Waals surface area contributed by atoms with Gasteiger partial charge in [-0.1, -0.05) is 12.1 Å². The Balaban J connectivity index is 1.58. The van der Waals surface area contributed by atoms with Gasteiger partial charge in [0.25, 0.3) is 0 Å². The first-order valence-corrected chi connectivity index (χ1v) is 9.37. The summed E-state index contributed by atoms with van der Waals surface area (Å²) in [6, 6.07) is 12.1. The molecule has 3 N–H and O–H groups in total. The molecule has 3 rings (SSSR count). The van der Waals surface area contributed by atoms with Gasteiger partial charge in [-0.3, -0.25) is 0 Å². The third-order valence-corrected chi connectivity index (χ3v) is 5.29. The Kier molecular flexibility index (Phi) is 6.42. The second kappa shape index (κ2) is 8.97. The Morgan fingerprint density at radius 3 is 1.85 bits per heavy atom. The van der Waals surface area contributed by atoms with Crippen molar-refractivity contribution in [3.8, 4) is 23.0 Å². The van der Waals surface area contributed by atoms with Gasteiger partial charge >= 0.3 is 0 Å². The quantitative estimate of drug-likeness (QED) is 0.634. The van der Waals surface area contributed by atoms with Crippen LogP contribution in [0.3, 0.4) is 0 Å². The van der Waals surface area contributed by atoms with E-state index in [-0.39, 0.29) is 5.75 Å². The Hall–Kier alpha value is -2.44. The van der Waals surface area contributed by atoms with E-state index in [4.69, 9.17) is 14.2 Å². The average molecular weight is 374 g/mol. The third kappa shape index (κ3) is 4.64. The number of hydrogen-bond acceptors (Lipinski definition) is 4. The molecule has 0 bridgehead atoms. The number of phenolic OH excluding ortho intramolecular Hbond substituents is 1. The van der Waals surface area contributed by atoms with Crippen LogP contribution in [0, 0.1) is 0 Å². The van der Waals surface area contributed by atoms with Crippen molar-refractivity contribution in [2.24, 2.45) is 0 Å². The minimum absolute atomic E-state index is 0.0600. The summed E-state index contributed by atoms with van der Waals surface area (Å²) < 4.78 is 16.0. The van der Waals surface area contributed by atoms with Crippen LogP contribution in [0.15, 0.2) is 36.4 Å². The lowest BCUT2D eigenvalue weighted by Crippen LogP contribution is -3.27. The lowest BCUT2D eigenvalue weighted by atomic mass is 10.1. The first-order valence-electron chi connectivity index (χ1n) is 9.37. The number of hydrogen-bond donors (Lipinski definition) is 3. The first kappa shape index (κ1) is 19.3. The van der Waals surface area contributed by atoms with Gasteiger partial charge in [0.15, 0.2) is 11.5 Å². The number of nitrogens with one attached hydrogen (secondary N) is 2. The molecule has 0 radical (unpaired) electrons. The fourth-order valence-electron chi connectivity index (χ4n) is 3.77. The van der Waals surface area contributed by atoms with Gasteiger partial charge < -0.3 is 29.1 Å². The predicted octanol–water partition coefficient (Wildman–Crippen LogP) is -0.0984. The minimum Gasteiger partial charge on any atom is -0.502 e. The molecule has 2 aromatic rings. The Labute approximate surface area is 160 Å². The van der Waals surface area contributed by atoms with Crippen LogP contribution >= 0.6 is 0 Å². The van der Waals surface area contributed by atoms with Gasteiger partial charge in [0, 0.05) is 11.1 Å². The number of rotatable bonds is 7. The number of methoxy groups -OCH3 is 3. The van der Waals surface area contributed by atoms with Gasteiger partial charge in [-0.05, 0) is 24.3 Å². The third-order valence-electron chi connectivity index (χ3n) is 5.29. The van der Waals surface area contributed by atoms with Crippen LogP contribution in [0.5, 0.6) is 23.0 Å². The summed E-state index contributed by atoms with van der Waals surface area (Å²) in [4.78, 5) is 3.12. The molecule has 2 aromatic carbocycles. The summed E-state index contributed by atoms with van der Waals surface area (Å²) in [5, 5.41) is 10.1. The number of piperazine rings is 1. The Morgan fingerprint density at radius 2 is 1.30 bits per heavy atom. The van der Waals surface area contributed by atoms with Crippen molar-refractivity contribution in [1.29, 1.82) is 0 Å². The van der Waals surface area contributed by atoms with E-state index in [1.807, 2.05) is 24.3 Å². The molecule has 27 heavy (non-hydrogen) atoms. The van der Waals surface area contributed by atoms with Crippen LogP contribution in [0.1, 0.15) is 11.1 Å². The number of benzene rings is 2. The van der Waals surface area contributed by atoms with Crippen LogP contribution < -0.4 is 24.0 Å². The van der Waals surface area contributed by atoms with Gasteiger partial charge in [0.1, 0.15) is 45.0 Å². The van der Waals surface area contributed by atoms with E-state index in [0.717, 1.165) is 50.6 Å². The molecule has 0 spiro atoms. The second-order valence-electron chi connectivity index (χ2n) is 7.01. The van der Waals surface area contributed by atoms with Crippen LogP contribution in [0.4, 0.5) is 0 Å². The zero-order valence-corrected chi connectivity index (χ0v) is 16.4. The van der Waals surface area contributed by atoms with Crippen LogP contribution in [-0.4, -0.2) is 52.6 Å². The van der Waals surface area contributed by atoms with E-state index in [1.165, 1.54) is 10.5 Å². The largest absolute Gasteiger partial charge is 0.502 e. The molecule has 0 aliphatic carbocycles. The summed E-state index contributed by atoms with van der Waals surface area (Å²) in [5.41, 5.74) is 2.39. The Morgan fingerprint density at radius 1 is 0.778 bits per heavy atom. The maximum atomic E-state index is 10.1. The van der Waals surface area contributed by atoms with E-state index in [1.54, 1.807) is 26.2 Å². The molecule has 0 aromatic heterocycles. The number of ether oxygens (including phenoxy) is 3. The molecule has 1 aliphatic rings. The van der Waals surface area contributed by atoms with Crippen molar-refractivity contribution in [2.75, 3.05) is 47.5 Å². The highest BCUT2D eigenvalue weighted by molar-refractivity contribution is 5.52. The predicted molar refractivity (Wildman–Crippen MR) is 103 cm³/mol. The van der Waals surface area contributed by atoms with Gasteiger partial charge in [-0.15, -0.1) is 0 Å². The fourth-order valence-corrected chi connectivity index (χ4v) is 3.77. The van der Waals surface area contributed by atoms with Crippen molar-refractivity contribution in [3.63, 3.8) is 0 Å². The molecule has 6 heteroatoms. The lowest BCUT2D eigenvalue weighted by molar-refractivity contribution is -1.02. The molecular formula is C21H30N2O4+2. The molecular weight excluding hydrogens is 344 g/mol. The number of aromatic hydroxyl groups is 1. The van der Waals surface area contributed by atoms with Gasteiger partial charge in [-0.2, -0.15) is 0 Å². The molecule has 0 amide bonds. The maximum absolute atomic E-state index is 10.1. The van der Waals surface area contributed by atoms with Crippen molar-refractivity contribution >= 4 is 0 Å². The summed E-state index contributed by atoms with van der Waals surface area (Å²) in [6.45, 7) is 6.36. The second-order valence-corrected chi connectivity index (χ2v) is 7.01. The zero-order chi connectivity index (χ0) is 19.2. The molecule has 0 saturated carbocycles. The van der Waals surface area contributed by atoms with E-state index in [9.17, 15) is 5.11 Å². The highest BCUT2D eigenvalue weighted by Crippen LogP contribution is 2.36. The number of phenols is 1. The van der Waals surface area contributed by atoms with E-state index >= 15 is 0 Å². The number of para-hydroxylation sites is 1. The fraction of sp³-hybridized carbons (Fsp3) is 0.429. The Bertz CT molecular complexity index is 733. The van der Waals surface area contributed by atoms with Crippen LogP contribution in [-0.2, 0) is 13.1 Å². The monoisotopic (exact) mass is 374 g/mol. The zero-order valence-electron chi connectivity index (χ0n) is 16.4. The summed E-state index contributed by atoms with van der Waals surface area (Å²) in [6.07, 6.45) is 0. The normalized spacial score (nSPS) is 19.5. The molecule has 6 nitrogen and oxygen atoms in total. The van der Waals surface area contributed by atoms with Crippen molar-refractivity contribution in [3.05, 3.63) is 47.5 Å². The van der Waals surface area contributed by atoms with Gasteiger partial charge in [0.05, 0.1) is 21.3 Å². The standard InChI is InChI=1S/C21H28N2O4/c1-25-18-7-5-4-6-17(18)15-23-10-8-22(9-11-23)14-16-12-19(26-2)21(24)20(13-16)27-3/h4-7,12-13,24H,8-11,14-15H2,1-3H3/p+2. The maximum Gasteiger partial charge on any atom is 0.200 e. The lowest BCUT2D eigenvalue weighted by Gasteiger charge is -2.30. The van der Waals surface area contributed by atoms with E-state index in [2.05, 4.69) is 12.1 Å². The molecule has 0 unspecified atom stereocenters. The average Bonchev–Trinajstić information content (AvgIpc) is 2.71. The highest BCUT2D eigenvalue weighted by Gasteiger charge is 2.24. The van der Waals surface area contributed by atoms with Crippen molar-refractivity contribution in [2.45, 2.75) is 13.1 Å². The van der Waals surface area contributed by atoms with Crippen molar-refractivity contribution < 1.29 is 29.1 Å². The summed E-state index contributed by atoms with van der Waals surface area (Å²) in [5.74, 6) is 1.96. The molecule has 1 heterocycles. The molecule has 1 fully saturated rings. The summed E-state index contributed by atoms with van der Waals surface area (Å²) >= 11 is 0. The van der Waals surface area contributed by atoms with E-state index < -0.39 is 0 Å². The van der Waals surface area contributed by atoms with Crippen molar-refractivity contribution in [1.82, 2.24) is 0 Å². The summed E-state index contributed by atoms with van der Waals surface area (Å²) in [7, 11) is 4.85. The van der Waals surface area contributed by atoms with Crippen LogP contribution in [0.25, 0.3) is 0 Å². The first-order chi connectivity index (χ1) is 13.1. The van der Waals surface area contributed by atoms with Gasteiger partial charge in [0.2, 0.25) is 5.75 Å². The van der Waals surface area contributed by atoms with Gasteiger partial charge in [-0.25, -0.2) is 0 Å².